The van der Waals surface area contributed by atoms with Crippen molar-refractivity contribution < 1.29 is 9.53 Å². The van der Waals surface area contributed by atoms with Crippen LogP contribution in [0.3, 0.4) is 0 Å². The Balaban J connectivity index is 0.000000277. The minimum atomic E-state index is 0.585. The van der Waals surface area contributed by atoms with Crippen LogP contribution < -0.4 is 15.8 Å². The van der Waals surface area contributed by atoms with E-state index < -0.39 is 0 Å². The molecule has 3 N–H and O–H groups in total. The molecule has 34 heavy (non-hydrogen) atoms. The van der Waals surface area contributed by atoms with E-state index in [1.165, 1.54) is 23.3 Å². The molecule has 0 saturated heterocycles. The molecule has 4 rings (SSSR count). The van der Waals surface area contributed by atoms with Gasteiger partial charge in [-0.05, 0) is 64.4 Å². The Kier molecular flexibility index (Phi) is 9.37. The molecule has 1 amide bonds. The average Bonchev–Trinajstić information content (AvgIpc) is 3.21. The first kappa shape index (κ1) is 26.1. The lowest BCUT2D eigenvalue weighted by Crippen LogP contribution is -2.22. The standard InChI is InChI=1S/C17H18N4OS2.C7H16N2O/c1-22-12-6-10(18)13(23)7-11(12)21-16-15-9-4-2-3-5-14(9)24-17(15)20-8-19-16;1-8(2)5-4-6-9(3)7-10/h6-8,23H,2-5,18H2,1H3,(H,19,20,21);7H,4-6H2,1-3H3. The Bertz CT molecular complexity index is 1120. The third-order valence-corrected chi connectivity index (χ3v) is 7.24. The van der Waals surface area contributed by atoms with Crippen molar-refractivity contribution in [1.82, 2.24) is 19.8 Å². The number of thiophene rings is 1. The number of rotatable bonds is 8. The number of ether oxygens (including phenoxy) is 1. The second-order valence-corrected chi connectivity index (χ2v) is 10.2. The third-order valence-electron chi connectivity index (χ3n) is 5.65. The van der Waals surface area contributed by atoms with E-state index in [9.17, 15) is 4.79 Å². The van der Waals surface area contributed by atoms with Gasteiger partial charge in [0.25, 0.3) is 0 Å². The molecule has 184 valence electrons. The molecule has 0 aliphatic heterocycles. The number of hydrogen-bond acceptors (Lipinski definition) is 9. The zero-order valence-corrected chi connectivity index (χ0v) is 22.0. The van der Waals surface area contributed by atoms with Crippen LogP contribution in [0.1, 0.15) is 29.7 Å². The molecule has 0 unspecified atom stereocenters. The van der Waals surface area contributed by atoms with Gasteiger partial charge in [-0.1, -0.05) is 0 Å². The number of carbonyl (C=O) groups is 1. The van der Waals surface area contributed by atoms with E-state index in [0.29, 0.717) is 16.3 Å². The number of aryl methyl sites for hydroxylation is 2. The second kappa shape index (κ2) is 12.2. The van der Waals surface area contributed by atoms with Gasteiger partial charge in [-0.25, -0.2) is 9.97 Å². The average molecular weight is 503 g/mol. The Hall–Kier alpha value is -2.56. The number of nitrogens with one attached hydrogen (secondary N) is 1. The molecular weight excluding hydrogens is 468 g/mol. The molecule has 1 aliphatic carbocycles. The van der Waals surface area contributed by atoms with E-state index in [-0.39, 0.29) is 0 Å². The van der Waals surface area contributed by atoms with Crippen molar-refractivity contribution in [1.29, 1.82) is 0 Å². The van der Waals surface area contributed by atoms with Crippen molar-refractivity contribution in [2.45, 2.75) is 37.0 Å². The van der Waals surface area contributed by atoms with Crippen molar-refractivity contribution in [2.24, 2.45) is 0 Å². The first-order valence-electron chi connectivity index (χ1n) is 11.3. The van der Waals surface area contributed by atoms with Crippen LogP contribution >= 0.6 is 24.0 Å². The van der Waals surface area contributed by atoms with Gasteiger partial charge in [-0.2, -0.15) is 0 Å². The number of anilines is 3. The van der Waals surface area contributed by atoms with Crippen LogP contribution in [0, 0.1) is 0 Å². The van der Waals surface area contributed by atoms with E-state index >= 15 is 0 Å². The Labute approximate surface area is 210 Å². The van der Waals surface area contributed by atoms with Crippen LogP contribution in [-0.4, -0.2) is 67.5 Å². The fraction of sp³-hybridized carbons (Fsp3) is 0.458. The number of benzene rings is 1. The molecule has 1 aromatic carbocycles. The lowest BCUT2D eigenvalue weighted by atomic mass is 9.97. The number of amides is 1. The molecule has 0 saturated carbocycles. The maximum Gasteiger partial charge on any atom is 0.209 e. The number of hydrogen-bond donors (Lipinski definition) is 3. The molecule has 1 aliphatic rings. The summed E-state index contributed by atoms with van der Waals surface area (Å²) < 4.78 is 5.44. The highest BCUT2D eigenvalue weighted by atomic mass is 32.1. The van der Waals surface area contributed by atoms with E-state index in [4.69, 9.17) is 10.5 Å². The second-order valence-electron chi connectivity index (χ2n) is 8.59. The first-order valence-corrected chi connectivity index (χ1v) is 12.6. The molecule has 0 bridgehead atoms. The highest BCUT2D eigenvalue weighted by molar-refractivity contribution is 7.80. The van der Waals surface area contributed by atoms with Crippen molar-refractivity contribution in [3.63, 3.8) is 0 Å². The van der Waals surface area contributed by atoms with E-state index in [1.807, 2.05) is 20.2 Å². The quantitative estimate of drug-likeness (QED) is 0.241. The zero-order valence-electron chi connectivity index (χ0n) is 20.3. The number of methoxy groups -OCH3 is 1. The van der Waals surface area contributed by atoms with Gasteiger partial charge in [-0.3, -0.25) is 4.79 Å². The number of fused-ring (bicyclic) bond motifs is 3. The fourth-order valence-electron chi connectivity index (χ4n) is 3.85. The number of thiol groups is 1. The molecule has 0 atom stereocenters. The maximum atomic E-state index is 10.1. The van der Waals surface area contributed by atoms with Crippen LogP contribution in [-0.2, 0) is 17.6 Å². The Morgan fingerprint density at radius 1 is 1.21 bits per heavy atom. The summed E-state index contributed by atoms with van der Waals surface area (Å²) in [6, 6.07) is 3.64. The number of nitrogens with two attached hydrogens (primary N) is 1. The molecule has 2 aromatic heterocycles. The SMILES string of the molecule is CN(C)CCCN(C)C=O.COc1cc(N)c(S)cc1Nc1ncnc2sc3c(c12)CCCC3. The maximum absolute atomic E-state index is 10.1. The van der Waals surface area contributed by atoms with Gasteiger partial charge in [-0.15, -0.1) is 24.0 Å². The van der Waals surface area contributed by atoms with E-state index in [2.05, 4.69) is 32.8 Å². The van der Waals surface area contributed by atoms with Crippen LogP contribution in [0.15, 0.2) is 23.4 Å². The molecular formula is C24H34N6O2S2. The summed E-state index contributed by atoms with van der Waals surface area (Å²) in [5, 5.41) is 4.53. The summed E-state index contributed by atoms with van der Waals surface area (Å²) in [6.45, 7) is 1.89. The van der Waals surface area contributed by atoms with Crippen molar-refractivity contribution >= 4 is 57.8 Å². The van der Waals surface area contributed by atoms with Gasteiger partial charge in [0, 0.05) is 35.1 Å². The minimum Gasteiger partial charge on any atom is -0.494 e. The van der Waals surface area contributed by atoms with Crippen LogP contribution in [0.25, 0.3) is 10.2 Å². The lowest BCUT2D eigenvalue weighted by Gasteiger charge is -2.15. The molecule has 2 heterocycles. The largest absolute Gasteiger partial charge is 0.494 e. The number of nitrogens with zero attached hydrogens (tertiary/aromatic N) is 4. The first-order chi connectivity index (χ1) is 16.3. The van der Waals surface area contributed by atoms with Gasteiger partial charge >= 0.3 is 0 Å². The normalized spacial score (nSPS) is 12.6. The van der Waals surface area contributed by atoms with Gasteiger partial charge in [0.05, 0.1) is 18.2 Å². The number of aromatic nitrogens is 2. The summed E-state index contributed by atoms with van der Waals surface area (Å²) >= 11 is 6.19. The Morgan fingerprint density at radius 2 is 1.97 bits per heavy atom. The zero-order chi connectivity index (χ0) is 24.7. The smallest absolute Gasteiger partial charge is 0.209 e. The van der Waals surface area contributed by atoms with Crippen LogP contribution in [0.4, 0.5) is 17.2 Å². The lowest BCUT2D eigenvalue weighted by molar-refractivity contribution is -0.117. The molecule has 0 spiro atoms. The number of carbonyl (C=O) groups excluding carboxylic acids is 1. The van der Waals surface area contributed by atoms with Gasteiger partial charge in [0.1, 0.15) is 22.7 Å². The van der Waals surface area contributed by atoms with Crippen molar-refractivity contribution in [3.05, 3.63) is 28.9 Å². The predicted octanol–water partition coefficient (Wildman–Crippen LogP) is 4.22. The molecule has 10 heteroatoms. The molecule has 3 aromatic rings. The van der Waals surface area contributed by atoms with E-state index in [1.54, 1.807) is 42.8 Å². The topological polar surface area (TPSA) is 96.6 Å². The van der Waals surface area contributed by atoms with Gasteiger partial charge in [0.15, 0.2) is 0 Å². The monoisotopic (exact) mass is 502 g/mol. The van der Waals surface area contributed by atoms with Crippen molar-refractivity contribution in [2.75, 3.05) is 52.4 Å². The fourth-order valence-corrected chi connectivity index (χ4v) is 5.27. The van der Waals surface area contributed by atoms with Crippen molar-refractivity contribution in [3.8, 4) is 5.75 Å². The van der Waals surface area contributed by atoms with E-state index in [0.717, 1.165) is 60.5 Å². The highest BCUT2D eigenvalue weighted by Gasteiger charge is 2.20. The van der Waals surface area contributed by atoms with Crippen LogP contribution in [0.5, 0.6) is 5.75 Å². The number of nitrogen functional groups attached to an aromatic ring is 1. The third kappa shape index (κ3) is 6.52. The van der Waals surface area contributed by atoms with Gasteiger partial charge in [0.2, 0.25) is 6.41 Å². The highest BCUT2D eigenvalue weighted by Crippen LogP contribution is 2.40. The summed E-state index contributed by atoms with van der Waals surface area (Å²) in [6.07, 6.45) is 8.22. The summed E-state index contributed by atoms with van der Waals surface area (Å²) in [5.41, 5.74) is 8.69. The molecule has 0 radical (unpaired) electrons. The summed E-state index contributed by atoms with van der Waals surface area (Å²) in [7, 11) is 7.48. The summed E-state index contributed by atoms with van der Waals surface area (Å²) in [5.74, 6) is 1.48. The van der Waals surface area contributed by atoms with Gasteiger partial charge < -0.3 is 25.6 Å². The molecule has 8 nitrogen and oxygen atoms in total. The molecule has 0 fully saturated rings. The van der Waals surface area contributed by atoms with Crippen LogP contribution in [0.2, 0.25) is 0 Å². The minimum absolute atomic E-state index is 0.585. The Morgan fingerprint density at radius 3 is 2.68 bits per heavy atom. The summed E-state index contributed by atoms with van der Waals surface area (Å²) in [4.78, 5) is 26.0. The predicted molar refractivity (Wildman–Crippen MR) is 144 cm³/mol.